The van der Waals surface area contributed by atoms with Crippen LogP contribution in [0.3, 0.4) is 0 Å². The number of anilines is 4. The summed E-state index contributed by atoms with van der Waals surface area (Å²) < 4.78 is 33.1. The summed E-state index contributed by atoms with van der Waals surface area (Å²) in [5.41, 5.74) is 3.04. The number of sulfonamides is 1. The number of aryl methyl sites for hydroxylation is 1. The Morgan fingerprint density at radius 1 is 1.00 bits per heavy atom. The lowest BCUT2D eigenvalue weighted by molar-refractivity contribution is 0.448. The largest absolute Gasteiger partial charge is 0.356 e. The Morgan fingerprint density at radius 2 is 1.73 bits per heavy atom. The van der Waals surface area contributed by atoms with Gasteiger partial charge in [-0.15, -0.1) is 0 Å². The molecule has 1 fully saturated rings. The van der Waals surface area contributed by atoms with E-state index in [1.165, 1.54) is 12.8 Å². The molecule has 0 spiro atoms. The van der Waals surface area contributed by atoms with Crippen molar-refractivity contribution in [3.63, 3.8) is 0 Å². The maximum absolute atomic E-state index is 12.7. The molecule has 0 bridgehead atoms. The van der Waals surface area contributed by atoms with Crippen LogP contribution >= 0.6 is 0 Å². The van der Waals surface area contributed by atoms with Crippen LogP contribution in [0.1, 0.15) is 24.2 Å². The van der Waals surface area contributed by atoms with E-state index in [0.29, 0.717) is 28.3 Å². The number of rotatable bonds is 7. The van der Waals surface area contributed by atoms with Crippen LogP contribution in [-0.4, -0.2) is 36.6 Å². The molecule has 2 N–H and O–H groups in total. The molecule has 1 aliphatic heterocycles. The van der Waals surface area contributed by atoms with Crippen molar-refractivity contribution in [2.24, 2.45) is 0 Å². The summed E-state index contributed by atoms with van der Waals surface area (Å²) in [5.74, 6) is 1.16. The highest BCUT2D eigenvalue weighted by molar-refractivity contribution is 7.91. The molecular formula is C23H24N6O3S. The Bertz CT molecular complexity index is 1380. The molecule has 10 heteroatoms. The second kappa shape index (κ2) is 8.70. The number of nitrogens with zero attached hydrogens (tertiary/aromatic N) is 4. The van der Waals surface area contributed by atoms with Gasteiger partial charge in [0.2, 0.25) is 16.0 Å². The predicted octanol–water partition coefficient (Wildman–Crippen LogP) is 4.21. The van der Waals surface area contributed by atoms with Gasteiger partial charge in [-0.1, -0.05) is 17.3 Å². The summed E-state index contributed by atoms with van der Waals surface area (Å²) in [5, 5.41) is 7.80. The smallest absolute Gasteiger partial charge is 0.238 e. The minimum atomic E-state index is -3.66. The predicted molar refractivity (Wildman–Crippen MR) is 128 cm³/mol. The quantitative estimate of drug-likeness (QED) is 0.418. The second-order valence-electron chi connectivity index (χ2n) is 8.07. The standard InChI is InChI=1S/C23H24N6O3S/c1-16-14-22(29-12-4-5-13-29)26-23(24-16)25-17-8-10-18(11-9-17)28-33(30,31)15-20-19-6-2-3-7-21(19)32-27-20/h2-3,6-11,14,28H,4-5,12-13,15H2,1H3,(H,24,25,26). The molecule has 0 amide bonds. The van der Waals surface area contributed by atoms with E-state index in [1.807, 2.05) is 25.1 Å². The lowest BCUT2D eigenvalue weighted by Crippen LogP contribution is -2.19. The molecule has 3 heterocycles. The maximum atomic E-state index is 12.7. The van der Waals surface area contributed by atoms with Crippen LogP contribution in [0.25, 0.3) is 11.0 Å². The van der Waals surface area contributed by atoms with Crippen molar-refractivity contribution in [3.05, 3.63) is 66.0 Å². The number of benzene rings is 2. The minimum Gasteiger partial charge on any atom is -0.356 e. The topological polar surface area (TPSA) is 113 Å². The van der Waals surface area contributed by atoms with Gasteiger partial charge in [-0.05, 0) is 56.2 Å². The van der Waals surface area contributed by atoms with Crippen LogP contribution in [0.2, 0.25) is 0 Å². The number of hydrogen-bond acceptors (Lipinski definition) is 8. The molecule has 1 saturated heterocycles. The van der Waals surface area contributed by atoms with Crippen LogP contribution in [0.5, 0.6) is 0 Å². The van der Waals surface area contributed by atoms with E-state index in [2.05, 4.69) is 30.1 Å². The second-order valence-corrected chi connectivity index (χ2v) is 9.80. The summed E-state index contributed by atoms with van der Waals surface area (Å²) in [6.07, 6.45) is 2.35. The van der Waals surface area contributed by atoms with Gasteiger partial charge < -0.3 is 14.7 Å². The van der Waals surface area contributed by atoms with Crippen molar-refractivity contribution in [1.29, 1.82) is 0 Å². The van der Waals surface area contributed by atoms with E-state index >= 15 is 0 Å². The molecule has 9 nitrogen and oxygen atoms in total. The molecule has 2 aromatic heterocycles. The Kier molecular flexibility index (Phi) is 5.59. The van der Waals surface area contributed by atoms with E-state index in [0.717, 1.165) is 30.3 Å². The first-order valence-electron chi connectivity index (χ1n) is 10.8. The van der Waals surface area contributed by atoms with E-state index < -0.39 is 10.0 Å². The van der Waals surface area contributed by atoms with E-state index in [4.69, 9.17) is 4.52 Å². The first-order chi connectivity index (χ1) is 15.9. The van der Waals surface area contributed by atoms with Crippen LogP contribution in [-0.2, 0) is 15.8 Å². The zero-order chi connectivity index (χ0) is 22.8. The molecule has 0 unspecified atom stereocenters. The normalized spacial score (nSPS) is 14.0. The van der Waals surface area contributed by atoms with Gasteiger partial charge in [0.15, 0.2) is 5.58 Å². The monoisotopic (exact) mass is 464 g/mol. The zero-order valence-electron chi connectivity index (χ0n) is 18.2. The molecule has 1 aliphatic rings. The van der Waals surface area contributed by atoms with Gasteiger partial charge in [-0.25, -0.2) is 13.4 Å². The van der Waals surface area contributed by atoms with Gasteiger partial charge in [0.05, 0.1) is 0 Å². The average molecular weight is 465 g/mol. The molecule has 4 aromatic rings. The molecule has 0 aliphatic carbocycles. The third kappa shape index (κ3) is 4.90. The number of nitrogens with one attached hydrogen (secondary N) is 2. The fraction of sp³-hybridized carbons (Fsp3) is 0.261. The maximum Gasteiger partial charge on any atom is 0.238 e. The highest BCUT2D eigenvalue weighted by atomic mass is 32.2. The fourth-order valence-corrected chi connectivity index (χ4v) is 5.04. The number of para-hydroxylation sites is 1. The molecule has 2 aromatic carbocycles. The number of fused-ring (bicyclic) bond motifs is 1. The molecule has 170 valence electrons. The SMILES string of the molecule is Cc1cc(N2CCCC2)nc(Nc2ccc(NS(=O)(=O)Cc3noc4ccccc34)cc2)n1. The van der Waals surface area contributed by atoms with Gasteiger partial charge in [0, 0.05) is 41.6 Å². The van der Waals surface area contributed by atoms with Crippen molar-refractivity contribution in [2.75, 3.05) is 28.0 Å². The van der Waals surface area contributed by atoms with Gasteiger partial charge in [0.1, 0.15) is 17.3 Å². The van der Waals surface area contributed by atoms with Crippen molar-refractivity contribution in [3.8, 4) is 0 Å². The zero-order valence-corrected chi connectivity index (χ0v) is 19.0. The Hall–Kier alpha value is -3.66. The van der Waals surface area contributed by atoms with Crippen molar-refractivity contribution in [2.45, 2.75) is 25.5 Å². The highest BCUT2D eigenvalue weighted by Gasteiger charge is 2.18. The Morgan fingerprint density at radius 3 is 2.52 bits per heavy atom. The summed E-state index contributed by atoms with van der Waals surface area (Å²) in [6, 6.07) is 16.1. The first-order valence-corrected chi connectivity index (χ1v) is 12.4. The summed E-state index contributed by atoms with van der Waals surface area (Å²) in [6.45, 7) is 3.96. The number of aromatic nitrogens is 3. The number of hydrogen-bond donors (Lipinski definition) is 2. The molecule has 0 radical (unpaired) electrons. The van der Waals surface area contributed by atoms with E-state index in [9.17, 15) is 8.42 Å². The first kappa shape index (κ1) is 21.2. The van der Waals surface area contributed by atoms with Crippen LogP contribution in [0, 0.1) is 6.92 Å². The minimum absolute atomic E-state index is 0.277. The third-order valence-corrected chi connectivity index (χ3v) is 6.66. The summed E-state index contributed by atoms with van der Waals surface area (Å²) >= 11 is 0. The molecular weight excluding hydrogens is 440 g/mol. The van der Waals surface area contributed by atoms with E-state index in [-0.39, 0.29) is 5.75 Å². The summed E-state index contributed by atoms with van der Waals surface area (Å²) in [4.78, 5) is 11.4. The molecule has 0 saturated carbocycles. The Balaban J connectivity index is 1.27. The van der Waals surface area contributed by atoms with Crippen molar-refractivity contribution < 1.29 is 12.9 Å². The van der Waals surface area contributed by atoms with Crippen molar-refractivity contribution in [1.82, 2.24) is 15.1 Å². The molecule has 33 heavy (non-hydrogen) atoms. The van der Waals surface area contributed by atoms with Gasteiger partial charge in [0.25, 0.3) is 0 Å². The molecule has 5 rings (SSSR count). The highest BCUT2D eigenvalue weighted by Crippen LogP contribution is 2.24. The third-order valence-electron chi connectivity index (χ3n) is 5.46. The van der Waals surface area contributed by atoms with Gasteiger partial charge >= 0.3 is 0 Å². The van der Waals surface area contributed by atoms with Crippen LogP contribution in [0.4, 0.5) is 23.1 Å². The fourth-order valence-electron chi connectivity index (χ4n) is 3.90. The van der Waals surface area contributed by atoms with Gasteiger partial charge in [-0.3, -0.25) is 4.72 Å². The van der Waals surface area contributed by atoms with Crippen LogP contribution in [0.15, 0.2) is 59.1 Å². The summed E-state index contributed by atoms with van der Waals surface area (Å²) in [7, 11) is -3.66. The lowest BCUT2D eigenvalue weighted by Gasteiger charge is -2.17. The van der Waals surface area contributed by atoms with E-state index in [1.54, 1.807) is 36.4 Å². The molecule has 0 atom stereocenters. The Labute approximate surface area is 191 Å². The average Bonchev–Trinajstić information content (AvgIpc) is 3.45. The van der Waals surface area contributed by atoms with Crippen LogP contribution < -0.4 is 14.9 Å². The van der Waals surface area contributed by atoms with Gasteiger partial charge in [-0.2, -0.15) is 4.98 Å². The van der Waals surface area contributed by atoms with Crippen molar-refractivity contribution >= 4 is 44.1 Å². The lowest BCUT2D eigenvalue weighted by atomic mass is 10.2.